The molecular weight excluding hydrogens is 252 g/mol. The van der Waals surface area contributed by atoms with Crippen LogP contribution in [0.4, 0.5) is 0 Å². The van der Waals surface area contributed by atoms with E-state index < -0.39 is 0 Å². The third kappa shape index (κ3) is 3.52. The van der Waals surface area contributed by atoms with E-state index in [0.29, 0.717) is 0 Å². The zero-order valence-corrected chi connectivity index (χ0v) is 11.7. The molecule has 0 spiro atoms. The van der Waals surface area contributed by atoms with Gasteiger partial charge in [-0.3, -0.25) is 0 Å². The summed E-state index contributed by atoms with van der Waals surface area (Å²) in [6.45, 7) is 0.0498. The molecule has 1 aromatic carbocycles. The largest absolute Gasteiger partial charge is 0.497 e. The van der Waals surface area contributed by atoms with Crippen LogP contribution in [0, 0.1) is 11.3 Å². The summed E-state index contributed by atoms with van der Waals surface area (Å²) in [5.41, 5.74) is 2.97. The lowest BCUT2D eigenvalue weighted by atomic mass is 10.1. The first-order chi connectivity index (χ1) is 9.76. The first-order valence-corrected chi connectivity index (χ1v) is 6.89. The number of allylic oxidation sites excluding steroid dienone is 2. The highest BCUT2D eigenvalue weighted by molar-refractivity contribution is 5.31. The Kier molecular flexibility index (Phi) is 5.03. The third-order valence-corrected chi connectivity index (χ3v) is 3.59. The number of hydrogen-bond donors (Lipinski definition) is 2. The molecule has 1 aliphatic carbocycles. The van der Waals surface area contributed by atoms with Gasteiger partial charge in [0.2, 0.25) is 0 Å². The van der Waals surface area contributed by atoms with Crippen molar-refractivity contribution in [3.05, 3.63) is 41.1 Å². The number of nitrogens with zero attached hydrogens (tertiary/aromatic N) is 1. The van der Waals surface area contributed by atoms with E-state index in [1.54, 1.807) is 7.11 Å². The predicted octanol–water partition coefficient (Wildman–Crippen LogP) is 2.15. The Morgan fingerprint density at radius 1 is 1.35 bits per heavy atom. The SMILES string of the molecule is COc1ccc(CC(CO)NC2=C(C#N)CCC2)cc1. The maximum Gasteiger partial charge on any atom is 0.118 e. The molecule has 2 N–H and O–H groups in total. The Labute approximate surface area is 119 Å². The summed E-state index contributed by atoms with van der Waals surface area (Å²) in [5, 5.41) is 21.9. The molecule has 106 valence electrons. The molecule has 1 aliphatic rings. The van der Waals surface area contributed by atoms with Crippen LogP contribution in [0.5, 0.6) is 5.75 Å². The summed E-state index contributed by atoms with van der Waals surface area (Å²) in [5.74, 6) is 0.826. The molecule has 0 aliphatic heterocycles. The van der Waals surface area contributed by atoms with Gasteiger partial charge >= 0.3 is 0 Å². The lowest BCUT2D eigenvalue weighted by molar-refractivity contribution is 0.248. The van der Waals surface area contributed by atoms with Gasteiger partial charge < -0.3 is 15.2 Å². The fourth-order valence-electron chi connectivity index (χ4n) is 2.48. The smallest absolute Gasteiger partial charge is 0.118 e. The van der Waals surface area contributed by atoms with Gasteiger partial charge in [0.05, 0.1) is 25.8 Å². The second-order valence-electron chi connectivity index (χ2n) is 5.00. The van der Waals surface area contributed by atoms with Crippen LogP contribution in [0.2, 0.25) is 0 Å². The first-order valence-electron chi connectivity index (χ1n) is 6.89. The summed E-state index contributed by atoms with van der Waals surface area (Å²) < 4.78 is 5.13. The van der Waals surface area contributed by atoms with Gasteiger partial charge in [-0.1, -0.05) is 12.1 Å². The molecule has 1 unspecified atom stereocenters. The Morgan fingerprint density at radius 3 is 2.70 bits per heavy atom. The Morgan fingerprint density at radius 2 is 2.10 bits per heavy atom. The Balaban J connectivity index is 2.00. The monoisotopic (exact) mass is 272 g/mol. The molecule has 0 radical (unpaired) electrons. The number of aliphatic hydroxyl groups excluding tert-OH is 1. The number of methoxy groups -OCH3 is 1. The van der Waals surface area contributed by atoms with Crippen molar-refractivity contribution in [2.75, 3.05) is 13.7 Å². The van der Waals surface area contributed by atoms with Gasteiger partial charge in [0.1, 0.15) is 5.75 Å². The molecule has 0 heterocycles. The molecule has 1 atom stereocenters. The molecule has 0 saturated carbocycles. The highest BCUT2D eigenvalue weighted by atomic mass is 16.5. The van der Waals surface area contributed by atoms with Crippen molar-refractivity contribution in [1.29, 1.82) is 5.26 Å². The van der Waals surface area contributed by atoms with Crippen molar-refractivity contribution < 1.29 is 9.84 Å². The van der Waals surface area contributed by atoms with Crippen LogP contribution in [0.3, 0.4) is 0 Å². The molecule has 0 fully saturated rings. The maximum atomic E-state index is 9.51. The van der Waals surface area contributed by atoms with E-state index in [4.69, 9.17) is 10.00 Å². The predicted molar refractivity (Wildman–Crippen MR) is 77.2 cm³/mol. The average molecular weight is 272 g/mol. The van der Waals surface area contributed by atoms with Gasteiger partial charge in [-0.25, -0.2) is 0 Å². The molecule has 0 aromatic heterocycles. The number of rotatable bonds is 6. The molecule has 0 bridgehead atoms. The van der Waals surface area contributed by atoms with E-state index >= 15 is 0 Å². The van der Waals surface area contributed by atoms with Crippen LogP contribution in [0.1, 0.15) is 24.8 Å². The molecule has 20 heavy (non-hydrogen) atoms. The minimum Gasteiger partial charge on any atom is -0.497 e. The minimum atomic E-state index is -0.0557. The van der Waals surface area contributed by atoms with Crippen molar-refractivity contribution in [1.82, 2.24) is 5.32 Å². The number of nitriles is 1. The second-order valence-corrected chi connectivity index (χ2v) is 5.00. The van der Waals surface area contributed by atoms with Crippen LogP contribution in [-0.4, -0.2) is 24.9 Å². The van der Waals surface area contributed by atoms with E-state index in [1.807, 2.05) is 24.3 Å². The van der Waals surface area contributed by atoms with Crippen molar-refractivity contribution in [3.8, 4) is 11.8 Å². The van der Waals surface area contributed by atoms with Crippen molar-refractivity contribution in [3.63, 3.8) is 0 Å². The van der Waals surface area contributed by atoms with Gasteiger partial charge in [0, 0.05) is 11.3 Å². The summed E-state index contributed by atoms with van der Waals surface area (Å²) >= 11 is 0. The summed E-state index contributed by atoms with van der Waals surface area (Å²) in [6.07, 6.45) is 3.50. The average Bonchev–Trinajstić information content (AvgIpc) is 2.94. The third-order valence-electron chi connectivity index (χ3n) is 3.59. The minimum absolute atomic E-state index is 0.0498. The molecule has 4 heteroatoms. The van der Waals surface area contributed by atoms with E-state index in [0.717, 1.165) is 48.3 Å². The van der Waals surface area contributed by atoms with E-state index in [2.05, 4.69) is 11.4 Å². The first kappa shape index (κ1) is 14.4. The van der Waals surface area contributed by atoms with Crippen molar-refractivity contribution >= 4 is 0 Å². The number of hydrogen-bond acceptors (Lipinski definition) is 4. The fourth-order valence-corrected chi connectivity index (χ4v) is 2.48. The molecule has 4 nitrogen and oxygen atoms in total. The topological polar surface area (TPSA) is 65.3 Å². The lowest BCUT2D eigenvalue weighted by Gasteiger charge is -2.19. The molecular formula is C16H20N2O2. The zero-order chi connectivity index (χ0) is 14.4. The van der Waals surface area contributed by atoms with Crippen LogP contribution < -0.4 is 10.1 Å². The number of benzene rings is 1. The van der Waals surface area contributed by atoms with Crippen LogP contribution in [0.15, 0.2) is 35.5 Å². The van der Waals surface area contributed by atoms with Crippen LogP contribution in [0.25, 0.3) is 0 Å². The number of ether oxygens (including phenoxy) is 1. The quantitative estimate of drug-likeness (QED) is 0.833. The zero-order valence-electron chi connectivity index (χ0n) is 11.7. The fraction of sp³-hybridized carbons (Fsp3) is 0.438. The normalized spacial score (nSPS) is 15.8. The Bertz CT molecular complexity index is 514. The van der Waals surface area contributed by atoms with E-state index in [-0.39, 0.29) is 12.6 Å². The van der Waals surface area contributed by atoms with Crippen molar-refractivity contribution in [2.45, 2.75) is 31.7 Å². The van der Waals surface area contributed by atoms with E-state index in [9.17, 15) is 5.11 Å². The van der Waals surface area contributed by atoms with Gasteiger partial charge in [0.15, 0.2) is 0 Å². The lowest BCUT2D eigenvalue weighted by Crippen LogP contribution is -2.33. The van der Waals surface area contributed by atoms with Crippen LogP contribution in [-0.2, 0) is 6.42 Å². The number of aliphatic hydroxyl groups is 1. The van der Waals surface area contributed by atoms with Gasteiger partial charge in [-0.2, -0.15) is 5.26 Å². The highest BCUT2D eigenvalue weighted by Gasteiger charge is 2.17. The number of nitrogens with one attached hydrogen (secondary N) is 1. The molecule has 2 rings (SSSR count). The standard InChI is InChI=1S/C16H20N2O2/c1-20-15-7-5-12(6-8-15)9-14(11-19)18-16-4-2-3-13(16)10-17/h5-8,14,18-19H,2-4,9,11H2,1H3. The van der Waals surface area contributed by atoms with Crippen molar-refractivity contribution in [2.24, 2.45) is 0 Å². The van der Waals surface area contributed by atoms with E-state index in [1.165, 1.54) is 0 Å². The summed E-state index contributed by atoms with van der Waals surface area (Å²) in [7, 11) is 1.64. The molecule has 0 saturated heterocycles. The Hall–Kier alpha value is -1.99. The maximum absolute atomic E-state index is 9.51. The molecule has 1 aromatic rings. The van der Waals surface area contributed by atoms with Crippen LogP contribution >= 0.6 is 0 Å². The second kappa shape index (κ2) is 6.97. The van der Waals surface area contributed by atoms with Gasteiger partial charge in [-0.05, 0) is 43.4 Å². The van der Waals surface area contributed by atoms with Gasteiger partial charge in [0.25, 0.3) is 0 Å². The van der Waals surface area contributed by atoms with Gasteiger partial charge in [-0.15, -0.1) is 0 Å². The summed E-state index contributed by atoms with van der Waals surface area (Å²) in [4.78, 5) is 0. The highest BCUT2D eigenvalue weighted by Crippen LogP contribution is 2.24. The summed E-state index contributed by atoms with van der Waals surface area (Å²) in [6, 6.07) is 10.0. The molecule has 0 amide bonds.